The first-order chi connectivity index (χ1) is 11.6. The Labute approximate surface area is 145 Å². The van der Waals surface area contributed by atoms with Gasteiger partial charge in [-0.2, -0.15) is 0 Å². The number of thioether (sulfide) groups is 1. The largest absolute Gasteiger partial charge is 0.495 e. The van der Waals surface area contributed by atoms with Crippen LogP contribution in [-0.4, -0.2) is 22.4 Å². The maximum Gasteiger partial charge on any atom is 0.266 e. The highest BCUT2D eigenvalue weighted by atomic mass is 32.2. The van der Waals surface area contributed by atoms with E-state index in [4.69, 9.17) is 9.72 Å². The number of rotatable bonds is 5. The highest BCUT2D eigenvalue weighted by Gasteiger charge is 2.16. The minimum atomic E-state index is -0.0728. The summed E-state index contributed by atoms with van der Waals surface area (Å²) in [7, 11) is 1.61. The molecular formula is C19H20N2O2S. The Bertz CT molecular complexity index is 919. The van der Waals surface area contributed by atoms with E-state index in [1.807, 2.05) is 48.5 Å². The Morgan fingerprint density at radius 1 is 1.12 bits per heavy atom. The van der Waals surface area contributed by atoms with Gasteiger partial charge in [0.1, 0.15) is 5.75 Å². The van der Waals surface area contributed by atoms with Gasteiger partial charge in [0, 0.05) is 5.75 Å². The molecule has 24 heavy (non-hydrogen) atoms. The molecule has 0 atom stereocenters. The fourth-order valence-corrected chi connectivity index (χ4v) is 3.43. The van der Waals surface area contributed by atoms with E-state index in [9.17, 15) is 4.79 Å². The SMILES string of the molecule is COc1ccccc1-n1c(SCC(C)C)nc2ccccc2c1=O. The summed E-state index contributed by atoms with van der Waals surface area (Å²) in [5, 5.41) is 1.30. The van der Waals surface area contributed by atoms with Crippen molar-refractivity contribution in [2.24, 2.45) is 5.92 Å². The van der Waals surface area contributed by atoms with Crippen molar-refractivity contribution >= 4 is 22.7 Å². The number of fused-ring (bicyclic) bond motifs is 1. The lowest BCUT2D eigenvalue weighted by atomic mass is 10.2. The van der Waals surface area contributed by atoms with Crippen molar-refractivity contribution in [1.29, 1.82) is 0 Å². The number of nitrogens with zero attached hydrogens (tertiary/aromatic N) is 2. The average molecular weight is 340 g/mol. The molecule has 5 heteroatoms. The van der Waals surface area contributed by atoms with Crippen LogP contribution in [0.4, 0.5) is 0 Å². The van der Waals surface area contributed by atoms with Crippen LogP contribution in [0.1, 0.15) is 13.8 Å². The Kier molecular flexibility index (Phi) is 4.90. The summed E-state index contributed by atoms with van der Waals surface area (Å²) in [6.45, 7) is 4.30. The molecule has 0 spiro atoms. The topological polar surface area (TPSA) is 44.1 Å². The average Bonchev–Trinajstić information content (AvgIpc) is 2.60. The lowest BCUT2D eigenvalue weighted by Crippen LogP contribution is -2.22. The quantitative estimate of drug-likeness (QED) is 0.517. The van der Waals surface area contributed by atoms with Gasteiger partial charge >= 0.3 is 0 Å². The maximum atomic E-state index is 13.1. The fourth-order valence-electron chi connectivity index (χ4n) is 2.48. The van der Waals surface area contributed by atoms with Crippen molar-refractivity contribution in [2.45, 2.75) is 19.0 Å². The highest BCUT2D eigenvalue weighted by Crippen LogP contribution is 2.27. The summed E-state index contributed by atoms with van der Waals surface area (Å²) in [5.74, 6) is 2.05. The molecule has 0 saturated heterocycles. The number of hydrogen-bond donors (Lipinski definition) is 0. The number of para-hydroxylation sites is 3. The zero-order valence-corrected chi connectivity index (χ0v) is 14.8. The second-order valence-corrected chi connectivity index (χ2v) is 6.92. The van der Waals surface area contributed by atoms with Gasteiger partial charge in [-0.25, -0.2) is 4.98 Å². The molecule has 0 aliphatic carbocycles. The van der Waals surface area contributed by atoms with Gasteiger partial charge < -0.3 is 4.74 Å². The molecular weight excluding hydrogens is 320 g/mol. The van der Waals surface area contributed by atoms with E-state index in [1.165, 1.54) is 0 Å². The van der Waals surface area contributed by atoms with Crippen LogP contribution in [0.5, 0.6) is 5.75 Å². The van der Waals surface area contributed by atoms with Crippen molar-refractivity contribution in [3.63, 3.8) is 0 Å². The molecule has 0 fully saturated rings. The Morgan fingerprint density at radius 3 is 2.58 bits per heavy atom. The smallest absolute Gasteiger partial charge is 0.266 e. The third-order valence-electron chi connectivity index (χ3n) is 3.62. The van der Waals surface area contributed by atoms with Crippen LogP contribution in [0, 0.1) is 5.92 Å². The minimum absolute atomic E-state index is 0.0728. The zero-order valence-electron chi connectivity index (χ0n) is 14.0. The molecule has 1 heterocycles. The summed E-state index contributed by atoms with van der Waals surface area (Å²) in [6.07, 6.45) is 0. The van der Waals surface area contributed by atoms with Gasteiger partial charge in [-0.05, 0) is 30.2 Å². The molecule has 0 amide bonds. The van der Waals surface area contributed by atoms with Crippen LogP contribution in [0.3, 0.4) is 0 Å². The molecule has 124 valence electrons. The lowest BCUT2D eigenvalue weighted by Gasteiger charge is -2.16. The van der Waals surface area contributed by atoms with Crippen molar-refractivity contribution in [2.75, 3.05) is 12.9 Å². The molecule has 0 aliphatic heterocycles. The van der Waals surface area contributed by atoms with Crippen LogP contribution in [-0.2, 0) is 0 Å². The lowest BCUT2D eigenvalue weighted by molar-refractivity contribution is 0.411. The molecule has 4 nitrogen and oxygen atoms in total. The Balaban J connectivity index is 2.29. The van der Waals surface area contributed by atoms with Gasteiger partial charge in [0.05, 0.1) is 23.7 Å². The zero-order chi connectivity index (χ0) is 17.1. The van der Waals surface area contributed by atoms with Crippen molar-refractivity contribution in [1.82, 2.24) is 9.55 Å². The van der Waals surface area contributed by atoms with Gasteiger partial charge in [-0.15, -0.1) is 0 Å². The first-order valence-electron chi connectivity index (χ1n) is 7.89. The molecule has 0 unspecified atom stereocenters. The summed E-state index contributed by atoms with van der Waals surface area (Å²) in [4.78, 5) is 17.8. The first-order valence-corrected chi connectivity index (χ1v) is 8.88. The molecule has 0 bridgehead atoms. The summed E-state index contributed by atoms with van der Waals surface area (Å²) in [6, 6.07) is 15.0. The molecule has 0 saturated carbocycles. The number of benzene rings is 2. The maximum absolute atomic E-state index is 13.1. The van der Waals surface area contributed by atoms with Crippen LogP contribution in [0.15, 0.2) is 58.5 Å². The second-order valence-electron chi connectivity index (χ2n) is 5.93. The third-order valence-corrected chi connectivity index (χ3v) is 4.98. The summed E-state index contributed by atoms with van der Waals surface area (Å²) < 4.78 is 7.11. The third kappa shape index (κ3) is 3.17. The number of hydrogen-bond acceptors (Lipinski definition) is 4. The van der Waals surface area contributed by atoms with E-state index in [0.717, 1.165) is 17.0 Å². The van der Waals surface area contributed by atoms with Gasteiger partial charge in [0.15, 0.2) is 5.16 Å². The highest BCUT2D eigenvalue weighted by molar-refractivity contribution is 7.99. The van der Waals surface area contributed by atoms with E-state index in [2.05, 4.69) is 13.8 Å². The summed E-state index contributed by atoms with van der Waals surface area (Å²) in [5.41, 5.74) is 1.37. The predicted molar refractivity (Wildman–Crippen MR) is 99.5 cm³/mol. The Hall–Kier alpha value is -2.27. The number of aromatic nitrogens is 2. The van der Waals surface area contributed by atoms with E-state index in [1.54, 1.807) is 23.4 Å². The predicted octanol–water partition coefficient (Wildman–Crippen LogP) is 4.14. The van der Waals surface area contributed by atoms with E-state index < -0.39 is 0 Å². The van der Waals surface area contributed by atoms with Crippen LogP contribution in [0.25, 0.3) is 16.6 Å². The fraction of sp³-hybridized carbons (Fsp3) is 0.263. The molecule has 0 aliphatic rings. The first kappa shape index (κ1) is 16.6. The molecule has 0 radical (unpaired) electrons. The normalized spacial score (nSPS) is 11.2. The van der Waals surface area contributed by atoms with E-state index in [-0.39, 0.29) is 5.56 Å². The minimum Gasteiger partial charge on any atom is -0.495 e. The van der Waals surface area contributed by atoms with Crippen LogP contribution < -0.4 is 10.3 Å². The molecule has 0 N–H and O–H groups in total. The van der Waals surface area contributed by atoms with Gasteiger partial charge in [0.2, 0.25) is 0 Å². The number of ether oxygens (including phenoxy) is 1. The standard InChI is InChI=1S/C19H20N2O2S/c1-13(2)12-24-19-20-15-9-5-4-8-14(15)18(22)21(19)16-10-6-7-11-17(16)23-3/h4-11,13H,12H2,1-3H3. The monoisotopic (exact) mass is 340 g/mol. The van der Waals surface area contributed by atoms with Crippen LogP contribution >= 0.6 is 11.8 Å². The van der Waals surface area contributed by atoms with Crippen molar-refractivity contribution in [3.8, 4) is 11.4 Å². The number of methoxy groups -OCH3 is 1. The Morgan fingerprint density at radius 2 is 1.83 bits per heavy atom. The van der Waals surface area contributed by atoms with Gasteiger partial charge in [-0.3, -0.25) is 9.36 Å². The molecule has 3 rings (SSSR count). The molecule has 1 aromatic heterocycles. The van der Waals surface area contributed by atoms with Crippen LogP contribution in [0.2, 0.25) is 0 Å². The van der Waals surface area contributed by atoms with E-state index >= 15 is 0 Å². The van der Waals surface area contributed by atoms with Crippen molar-refractivity contribution in [3.05, 3.63) is 58.9 Å². The van der Waals surface area contributed by atoms with Crippen molar-refractivity contribution < 1.29 is 4.74 Å². The van der Waals surface area contributed by atoms with Gasteiger partial charge in [0.25, 0.3) is 5.56 Å². The molecule has 3 aromatic rings. The van der Waals surface area contributed by atoms with Gasteiger partial charge in [-0.1, -0.05) is 49.9 Å². The molecule has 2 aromatic carbocycles. The van der Waals surface area contributed by atoms with E-state index in [0.29, 0.717) is 22.2 Å². The second kappa shape index (κ2) is 7.09. The summed E-state index contributed by atoms with van der Waals surface area (Å²) >= 11 is 1.59.